The second kappa shape index (κ2) is 8.84. The third-order valence-corrected chi connectivity index (χ3v) is 2.73. The molecule has 0 aliphatic rings. The number of carbonyl (C=O) groups is 1. The minimum absolute atomic E-state index is 0.0209. The van der Waals surface area contributed by atoms with Gasteiger partial charge in [-0.25, -0.2) is 4.99 Å². The van der Waals surface area contributed by atoms with Crippen molar-refractivity contribution in [3.63, 3.8) is 0 Å². The van der Waals surface area contributed by atoms with Crippen molar-refractivity contribution in [2.24, 2.45) is 16.6 Å². The lowest BCUT2D eigenvalue weighted by Crippen LogP contribution is -2.35. The van der Waals surface area contributed by atoms with Crippen LogP contribution >= 0.6 is 0 Å². The van der Waals surface area contributed by atoms with Gasteiger partial charge in [0.25, 0.3) is 0 Å². The Kier molecular flexibility index (Phi) is 7.08. The van der Waals surface area contributed by atoms with Gasteiger partial charge < -0.3 is 21.1 Å². The predicted octanol–water partition coefficient (Wildman–Crippen LogP) is 0.872. The van der Waals surface area contributed by atoms with Crippen LogP contribution in [0.2, 0.25) is 0 Å². The van der Waals surface area contributed by atoms with E-state index in [1.54, 1.807) is 7.11 Å². The quantitative estimate of drug-likeness (QED) is 0.514. The van der Waals surface area contributed by atoms with Gasteiger partial charge >= 0.3 is 0 Å². The Morgan fingerprint density at radius 1 is 1.29 bits per heavy atom. The zero-order chi connectivity index (χ0) is 15.7. The molecule has 1 aromatic carbocycles. The van der Waals surface area contributed by atoms with Crippen molar-refractivity contribution in [1.82, 2.24) is 10.6 Å². The zero-order valence-corrected chi connectivity index (χ0v) is 12.8. The molecule has 0 spiro atoms. The molecule has 0 fully saturated rings. The average Bonchev–Trinajstić information content (AvgIpc) is 2.49. The van der Waals surface area contributed by atoms with Crippen LogP contribution in [0.15, 0.2) is 29.3 Å². The van der Waals surface area contributed by atoms with Gasteiger partial charge in [0.05, 0.1) is 7.11 Å². The molecular weight excluding hydrogens is 268 g/mol. The molecule has 0 aliphatic heterocycles. The summed E-state index contributed by atoms with van der Waals surface area (Å²) in [5.74, 6) is 1.39. The number of guanidine groups is 1. The lowest BCUT2D eigenvalue weighted by Gasteiger charge is -2.08. The molecule has 0 saturated heterocycles. The van der Waals surface area contributed by atoms with Crippen LogP contribution in [-0.2, 0) is 11.3 Å². The van der Waals surface area contributed by atoms with Crippen molar-refractivity contribution in [3.8, 4) is 5.75 Å². The van der Waals surface area contributed by atoms with Gasteiger partial charge in [-0.15, -0.1) is 0 Å². The van der Waals surface area contributed by atoms with Crippen molar-refractivity contribution in [2.75, 3.05) is 20.2 Å². The molecule has 1 rings (SSSR count). The normalized spacial score (nSPS) is 11.3. The first kappa shape index (κ1) is 16.8. The van der Waals surface area contributed by atoms with Crippen molar-refractivity contribution in [2.45, 2.75) is 20.4 Å². The summed E-state index contributed by atoms with van der Waals surface area (Å²) >= 11 is 0. The molecule has 6 heteroatoms. The summed E-state index contributed by atoms with van der Waals surface area (Å²) in [5.41, 5.74) is 6.65. The maximum atomic E-state index is 11.7. The first-order valence-electron chi connectivity index (χ1n) is 6.94. The monoisotopic (exact) mass is 292 g/mol. The van der Waals surface area contributed by atoms with Gasteiger partial charge in [-0.05, 0) is 23.6 Å². The van der Waals surface area contributed by atoms with Crippen molar-refractivity contribution < 1.29 is 9.53 Å². The van der Waals surface area contributed by atoms with Crippen molar-refractivity contribution in [1.29, 1.82) is 0 Å². The molecule has 0 heterocycles. The summed E-state index contributed by atoms with van der Waals surface area (Å²) in [6, 6.07) is 7.52. The van der Waals surface area contributed by atoms with E-state index in [1.807, 2.05) is 24.3 Å². The van der Waals surface area contributed by atoms with Gasteiger partial charge in [0.15, 0.2) is 5.96 Å². The van der Waals surface area contributed by atoms with Gasteiger partial charge in [-0.2, -0.15) is 0 Å². The van der Waals surface area contributed by atoms with Crippen LogP contribution in [-0.4, -0.2) is 32.1 Å². The second-order valence-electron chi connectivity index (χ2n) is 5.10. The molecule has 116 valence electrons. The van der Waals surface area contributed by atoms with Crippen LogP contribution in [0, 0.1) is 5.92 Å². The Morgan fingerprint density at radius 3 is 2.52 bits per heavy atom. The Bertz CT molecular complexity index is 469. The number of hydrogen-bond acceptors (Lipinski definition) is 3. The van der Waals surface area contributed by atoms with E-state index < -0.39 is 0 Å². The van der Waals surface area contributed by atoms with Gasteiger partial charge in [0.2, 0.25) is 5.91 Å². The summed E-state index contributed by atoms with van der Waals surface area (Å²) in [6.07, 6.45) is 0. The van der Waals surface area contributed by atoms with E-state index in [0.29, 0.717) is 18.4 Å². The Hall–Kier alpha value is -2.24. The highest BCUT2D eigenvalue weighted by Gasteiger charge is 2.01. The van der Waals surface area contributed by atoms with E-state index in [9.17, 15) is 4.79 Å². The van der Waals surface area contributed by atoms with E-state index in [-0.39, 0.29) is 12.5 Å². The van der Waals surface area contributed by atoms with E-state index in [0.717, 1.165) is 17.9 Å². The Balaban J connectivity index is 2.31. The first-order chi connectivity index (χ1) is 10.0. The fourth-order valence-corrected chi connectivity index (χ4v) is 1.52. The third kappa shape index (κ3) is 7.20. The molecule has 1 aromatic rings. The molecule has 0 aliphatic carbocycles. The number of nitrogens with two attached hydrogens (primary N) is 1. The minimum Gasteiger partial charge on any atom is -0.497 e. The smallest absolute Gasteiger partial charge is 0.242 e. The van der Waals surface area contributed by atoms with Gasteiger partial charge in [-0.1, -0.05) is 26.0 Å². The molecule has 0 bridgehead atoms. The van der Waals surface area contributed by atoms with Gasteiger partial charge in [-0.3, -0.25) is 4.79 Å². The second-order valence-corrected chi connectivity index (χ2v) is 5.10. The number of ether oxygens (including phenoxy) is 1. The average molecular weight is 292 g/mol. The predicted molar refractivity (Wildman–Crippen MR) is 84.2 cm³/mol. The summed E-state index contributed by atoms with van der Waals surface area (Å²) in [4.78, 5) is 15.6. The maximum Gasteiger partial charge on any atom is 0.242 e. The van der Waals surface area contributed by atoms with Crippen LogP contribution in [0.25, 0.3) is 0 Å². The van der Waals surface area contributed by atoms with Crippen LogP contribution in [0.5, 0.6) is 5.75 Å². The number of rotatable bonds is 7. The highest BCUT2D eigenvalue weighted by Crippen LogP contribution is 2.10. The van der Waals surface area contributed by atoms with E-state index in [4.69, 9.17) is 10.5 Å². The van der Waals surface area contributed by atoms with E-state index in [1.165, 1.54) is 0 Å². The molecule has 21 heavy (non-hydrogen) atoms. The topological polar surface area (TPSA) is 88.7 Å². The SMILES string of the molecule is COc1ccc(CNC(=O)CN=C(N)NCC(C)C)cc1. The lowest BCUT2D eigenvalue weighted by atomic mass is 10.2. The summed E-state index contributed by atoms with van der Waals surface area (Å²) in [6.45, 7) is 5.36. The van der Waals surface area contributed by atoms with Crippen LogP contribution in [0.1, 0.15) is 19.4 Å². The number of nitrogens with one attached hydrogen (secondary N) is 2. The number of carbonyl (C=O) groups excluding carboxylic acids is 1. The van der Waals surface area contributed by atoms with Gasteiger partial charge in [0.1, 0.15) is 12.3 Å². The minimum atomic E-state index is -0.167. The van der Waals surface area contributed by atoms with E-state index >= 15 is 0 Å². The largest absolute Gasteiger partial charge is 0.497 e. The number of aliphatic imine (C=N–C) groups is 1. The highest BCUT2D eigenvalue weighted by atomic mass is 16.5. The van der Waals surface area contributed by atoms with Crippen LogP contribution < -0.4 is 21.1 Å². The first-order valence-corrected chi connectivity index (χ1v) is 6.94. The van der Waals surface area contributed by atoms with Gasteiger partial charge in [0, 0.05) is 13.1 Å². The number of methoxy groups -OCH3 is 1. The molecule has 0 aromatic heterocycles. The maximum absolute atomic E-state index is 11.7. The summed E-state index contributed by atoms with van der Waals surface area (Å²) in [5, 5.41) is 5.74. The standard InChI is InChI=1S/C15H24N4O2/c1-11(2)8-18-15(16)19-10-14(20)17-9-12-4-6-13(21-3)7-5-12/h4-7,11H,8-10H2,1-3H3,(H,17,20)(H3,16,18,19). The fraction of sp³-hybridized carbons (Fsp3) is 0.467. The Labute approximate surface area is 125 Å². The molecule has 4 N–H and O–H groups in total. The molecule has 1 amide bonds. The van der Waals surface area contributed by atoms with E-state index in [2.05, 4.69) is 29.5 Å². The Morgan fingerprint density at radius 2 is 1.95 bits per heavy atom. The molecular formula is C15H24N4O2. The number of nitrogens with zero attached hydrogens (tertiary/aromatic N) is 1. The van der Waals surface area contributed by atoms with Crippen LogP contribution in [0.3, 0.4) is 0 Å². The molecule has 0 unspecified atom stereocenters. The summed E-state index contributed by atoms with van der Waals surface area (Å²) < 4.78 is 5.07. The zero-order valence-electron chi connectivity index (χ0n) is 12.8. The molecule has 0 radical (unpaired) electrons. The summed E-state index contributed by atoms with van der Waals surface area (Å²) in [7, 11) is 1.62. The molecule has 0 atom stereocenters. The fourth-order valence-electron chi connectivity index (χ4n) is 1.52. The number of benzene rings is 1. The number of amides is 1. The highest BCUT2D eigenvalue weighted by molar-refractivity contribution is 5.83. The van der Waals surface area contributed by atoms with Crippen LogP contribution in [0.4, 0.5) is 0 Å². The van der Waals surface area contributed by atoms with Crippen molar-refractivity contribution in [3.05, 3.63) is 29.8 Å². The lowest BCUT2D eigenvalue weighted by molar-refractivity contribution is -0.119. The number of hydrogen-bond donors (Lipinski definition) is 3. The molecule has 0 saturated carbocycles. The molecule has 6 nitrogen and oxygen atoms in total. The third-order valence-electron chi connectivity index (χ3n) is 2.73. The van der Waals surface area contributed by atoms with Crippen molar-refractivity contribution >= 4 is 11.9 Å².